The molecule has 0 unspecified atom stereocenters. The van der Waals surface area contributed by atoms with Gasteiger partial charge in [-0.25, -0.2) is 4.98 Å². The second kappa shape index (κ2) is 6.83. The quantitative estimate of drug-likeness (QED) is 0.783. The molecule has 8 heteroatoms. The van der Waals surface area contributed by atoms with Gasteiger partial charge in [-0.2, -0.15) is 4.98 Å². The molecule has 2 aromatic heterocycles. The van der Waals surface area contributed by atoms with Crippen molar-refractivity contribution in [3.8, 4) is 0 Å². The lowest BCUT2D eigenvalue weighted by Crippen LogP contribution is -2.46. The summed E-state index contributed by atoms with van der Waals surface area (Å²) < 4.78 is 12.6. The number of hydrogen-bond acceptors (Lipinski definition) is 6. The van der Waals surface area contributed by atoms with Crippen molar-refractivity contribution in [2.45, 2.75) is 43.4 Å². The number of rotatable bonds is 6. The molecule has 0 spiro atoms. The molecular weight excluding hydrogens is 334 g/mol. The van der Waals surface area contributed by atoms with Crippen LogP contribution in [0, 0.1) is 0 Å². The van der Waals surface area contributed by atoms with Crippen molar-refractivity contribution in [1.82, 2.24) is 24.6 Å². The Labute approximate surface area is 152 Å². The highest BCUT2D eigenvalue weighted by Crippen LogP contribution is 2.42. The van der Waals surface area contributed by atoms with E-state index in [4.69, 9.17) is 14.2 Å². The number of piperidine rings is 1. The molecule has 8 nitrogen and oxygen atoms in total. The first kappa shape index (κ1) is 17.2. The average molecular weight is 359 g/mol. The second-order valence-electron chi connectivity index (χ2n) is 7.47. The SMILES string of the molecule is COCCC1(c2noc(C3CC3)n2)CCN(C(=O)c2cn(C)cn2)CC1. The van der Waals surface area contributed by atoms with Crippen LogP contribution in [0.5, 0.6) is 0 Å². The largest absolute Gasteiger partial charge is 0.385 e. The number of aryl methyl sites for hydroxylation is 1. The molecule has 2 fully saturated rings. The number of hydrogen-bond donors (Lipinski definition) is 0. The summed E-state index contributed by atoms with van der Waals surface area (Å²) in [4.78, 5) is 23.4. The number of aromatic nitrogens is 4. The van der Waals surface area contributed by atoms with Gasteiger partial charge in [-0.15, -0.1) is 0 Å². The molecule has 2 aromatic rings. The van der Waals surface area contributed by atoms with Gasteiger partial charge < -0.3 is 18.7 Å². The van der Waals surface area contributed by atoms with Crippen LogP contribution in [-0.2, 0) is 17.2 Å². The maximum atomic E-state index is 12.7. The molecule has 26 heavy (non-hydrogen) atoms. The molecule has 1 saturated heterocycles. The first-order valence-corrected chi connectivity index (χ1v) is 9.21. The molecule has 2 aliphatic rings. The van der Waals surface area contributed by atoms with Gasteiger partial charge in [-0.3, -0.25) is 4.79 Å². The maximum absolute atomic E-state index is 12.7. The van der Waals surface area contributed by atoms with Crippen molar-refractivity contribution in [2.24, 2.45) is 7.05 Å². The Balaban J connectivity index is 1.49. The summed E-state index contributed by atoms with van der Waals surface area (Å²) in [5.74, 6) is 1.98. The van der Waals surface area contributed by atoms with E-state index in [0.29, 0.717) is 31.3 Å². The van der Waals surface area contributed by atoms with Crippen LogP contribution in [0.4, 0.5) is 0 Å². The van der Waals surface area contributed by atoms with Crippen LogP contribution in [-0.4, -0.2) is 57.3 Å². The fraction of sp³-hybridized carbons (Fsp3) is 0.667. The van der Waals surface area contributed by atoms with Gasteiger partial charge in [-0.1, -0.05) is 5.16 Å². The highest BCUT2D eigenvalue weighted by atomic mass is 16.5. The van der Waals surface area contributed by atoms with E-state index < -0.39 is 0 Å². The highest BCUT2D eigenvalue weighted by molar-refractivity contribution is 5.92. The van der Waals surface area contributed by atoms with Gasteiger partial charge in [0.15, 0.2) is 5.82 Å². The van der Waals surface area contributed by atoms with Gasteiger partial charge >= 0.3 is 0 Å². The molecule has 4 rings (SSSR count). The maximum Gasteiger partial charge on any atom is 0.274 e. The van der Waals surface area contributed by atoms with Crippen LogP contribution < -0.4 is 0 Å². The number of likely N-dealkylation sites (tertiary alicyclic amines) is 1. The molecule has 1 aliphatic heterocycles. The third-order valence-electron chi connectivity index (χ3n) is 5.56. The Morgan fingerprint density at radius 2 is 2.15 bits per heavy atom. The van der Waals surface area contributed by atoms with Crippen LogP contribution in [0.3, 0.4) is 0 Å². The van der Waals surface area contributed by atoms with E-state index in [2.05, 4.69) is 10.1 Å². The number of nitrogens with zero attached hydrogens (tertiary/aromatic N) is 5. The lowest BCUT2D eigenvalue weighted by Gasteiger charge is -2.39. The molecule has 0 bridgehead atoms. The van der Waals surface area contributed by atoms with Gasteiger partial charge in [0.05, 0.1) is 6.33 Å². The first-order chi connectivity index (χ1) is 12.6. The minimum Gasteiger partial charge on any atom is -0.385 e. The van der Waals surface area contributed by atoms with Crippen molar-refractivity contribution in [1.29, 1.82) is 0 Å². The predicted molar refractivity (Wildman–Crippen MR) is 92.8 cm³/mol. The number of imidazole rings is 1. The predicted octanol–water partition coefficient (Wildman–Crippen LogP) is 1.89. The minimum absolute atomic E-state index is 0.0160. The summed E-state index contributed by atoms with van der Waals surface area (Å²) in [5, 5.41) is 4.30. The average Bonchev–Trinajstić information content (AvgIpc) is 3.22. The van der Waals surface area contributed by atoms with E-state index in [1.807, 2.05) is 11.9 Å². The van der Waals surface area contributed by atoms with Crippen LogP contribution in [0.15, 0.2) is 17.0 Å². The summed E-state index contributed by atoms with van der Waals surface area (Å²) >= 11 is 0. The molecule has 140 valence electrons. The van der Waals surface area contributed by atoms with Crippen molar-refractivity contribution in [3.63, 3.8) is 0 Å². The zero-order chi connectivity index (χ0) is 18.1. The number of carbonyl (C=O) groups is 1. The van der Waals surface area contributed by atoms with Crippen LogP contribution in [0.1, 0.15) is 60.2 Å². The Kier molecular flexibility index (Phi) is 4.52. The van der Waals surface area contributed by atoms with Crippen molar-refractivity contribution < 1.29 is 14.1 Å². The Bertz CT molecular complexity index is 771. The lowest BCUT2D eigenvalue weighted by atomic mass is 9.75. The fourth-order valence-electron chi connectivity index (χ4n) is 3.65. The van der Waals surface area contributed by atoms with Crippen LogP contribution in [0.2, 0.25) is 0 Å². The molecule has 1 amide bonds. The molecule has 0 N–H and O–H groups in total. The Hall–Kier alpha value is -2.22. The molecule has 3 heterocycles. The summed E-state index contributed by atoms with van der Waals surface area (Å²) in [6, 6.07) is 0. The van der Waals surface area contributed by atoms with Gasteiger partial charge in [0, 0.05) is 51.4 Å². The van der Waals surface area contributed by atoms with Gasteiger partial charge in [0.2, 0.25) is 5.89 Å². The second-order valence-corrected chi connectivity index (χ2v) is 7.47. The minimum atomic E-state index is -0.187. The highest BCUT2D eigenvalue weighted by Gasteiger charge is 2.42. The van der Waals surface area contributed by atoms with E-state index in [-0.39, 0.29) is 11.3 Å². The third-order valence-corrected chi connectivity index (χ3v) is 5.56. The number of ether oxygens (including phenoxy) is 1. The van der Waals surface area contributed by atoms with E-state index in [1.165, 1.54) is 0 Å². The Morgan fingerprint density at radius 1 is 1.38 bits per heavy atom. The smallest absolute Gasteiger partial charge is 0.274 e. The van der Waals surface area contributed by atoms with Gasteiger partial charge in [0.1, 0.15) is 5.69 Å². The van der Waals surface area contributed by atoms with E-state index in [0.717, 1.165) is 43.8 Å². The summed E-state index contributed by atoms with van der Waals surface area (Å²) in [6.07, 6.45) is 8.13. The van der Waals surface area contributed by atoms with Gasteiger partial charge in [0.25, 0.3) is 5.91 Å². The van der Waals surface area contributed by atoms with Crippen molar-refractivity contribution in [3.05, 3.63) is 29.9 Å². The molecular formula is C18H25N5O3. The lowest BCUT2D eigenvalue weighted by molar-refractivity contribution is 0.0611. The zero-order valence-electron chi connectivity index (χ0n) is 15.3. The van der Waals surface area contributed by atoms with E-state index >= 15 is 0 Å². The molecule has 0 radical (unpaired) electrons. The zero-order valence-corrected chi connectivity index (χ0v) is 15.3. The molecule has 1 aliphatic carbocycles. The normalized spacial score (nSPS) is 19.7. The molecule has 1 saturated carbocycles. The number of carbonyl (C=O) groups excluding carboxylic acids is 1. The van der Waals surface area contributed by atoms with Crippen molar-refractivity contribution in [2.75, 3.05) is 26.8 Å². The van der Waals surface area contributed by atoms with Gasteiger partial charge in [-0.05, 0) is 32.1 Å². The molecule has 0 atom stereocenters. The third kappa shape index (κ3) is 3.25. The van der Waals surface area contributed by atoms with Crippen LogP contribution >= 0.6 is 0 Å². The monoisotopic (exact) mass is 359 g/mol. The first-order valence-electron chi connectivity index (χ1n) is 9.21. The molecule has 0 aromatic carbocycles. The standard InChI is InChI=1S/C18H25N5O3/c1-22-11-14(19-12-22)16(24)23-8-5-18(6-9-23,7-10-25-2)17-20-15(26-21-17)13-3-4-13/h11-13H,3-10H2,1-2H3. The van der Waals surface area contributed by atoms with E-state index in [1.54, 1.807) is 24.2 Å². The van der Waals surface area contributed by atoms with Crippen LogP contribution in [0.25, 0.3) is 0 Å². The number of amides is 1. The number of methoxy groups -OCH3 is 1. The topological polar surface area (TPSA) is 86.3 Å². The Morgan fingerprint density at radius 3 is 2.77 bits per heavy atom. The summed E-state index contributed by atoms with van der Waals surface area (Å²) in [7, 11) is 3.57. The fourth-order valence-corrected chi connectivity index (χ4v) is 3.65. The summed E-state index contributed by atoms with van der Waals surface area (Å²) in [6.45, 7) is 1.96. The van der Waals surface area contributed by atoms with Crippen molar-refractivity contribution >= 4 is 5.91 Å². The van der Waals surface area contributed by atoms with E-state index in [9.17, 15) is 4.79 Å². The summed E-state index contributed by atoms with van der Waals surface area (Å²) in [5.41, 5.74) is 0.306.